The van der Waals surface area contributed by atoms with Crippen LogP contribution in [-0.2, 0) is 6.42 Å². The van der Waals surface area contributed by atoms with Crippen LogP contribution in [0.25, 0.3) is 10.9 Å². The lowest BCUT2D eigenvalue weighted by molar-refractivity contribution is 0.637. The maximum atomic E-state index is 13.4. The van der Waals surface area contributed by atoms with Gasteiger partial charge in [-0.15, -0.1) is 0 Å². The number of aromatic amines is 1. The second-order valence-corrected chi connectivity index (χ2v) is 3.93. The molecule has 0 fully saturated rings. The van der Waals surface area contributed by atoms with Crippen LogP contribution in [0, 0.1) is 5.82 Å². The van der Waals surface area contributed by atoms with Gasteiger partial charge in [-0.2, -0.15) is 0 Å². The van der Waals surface area contributed by atoms with Gasteiger partial charge in [-0.25, -0.2) is 4.39 Å². The van der Waals surface area contributed by atoms with Gasteiger partial charge in [0.15, 0.2) is 0 Å². The normalized spacial score (nSPS) is 11.1. The first-order valence-corrected chi connectivity index (χ1v) is 5.57. The number of halogens is 1. The van der Waals surface area contributed by atoms with E-state index in [1.54, 1.807) is 6.07 Å². The molecular weight excluding hydrogens is 189 g/mol. The smallest absolute Gasteiger partial charge is 0.147 e. The minimum atomic E-state index is -0.158. The van der Waals surface area contributed by atoms with Gasteiger partial charge in [0.2, 0.25) is 0 Å². The number of unbranched alkanes of at least 4 members (excludes halogenated alkanes) is 2. The average Bonchev–Trinajstić information content (AvgIpc) is 2.64. The van der Waals surface area contributed by atoms with Crippen LogP contribution in [-0.4, -0.2) is 4.98 Å². The van der Waals surface area contributed by atoms with E-state index in [9.17, 15) is 4.39 Å². The Morgan fingerprint density at radius 1 is 1.27 bits per heavy atom. The monoisotopic (exact) mass is 205 g/mol. The Hall–Kier alpha value is -1.31. The molecule has 1 aromatic heterocycles. The third-order valence-electron chi connectivity index (χ3n) is 2.80. The number of nitrogens with one attached hydrogen (secondary N) is 1. The molecule has 0 aliphatic heterocycles. The zero-order valence-electron chi connectivity index (χ0n) is 9.02. The lowest BCUT2D eigenvalue weighted by Crippen LogP contribution is -1.83. The topological polar surface area (TPSA) is 15.8 Å². The molecule has 0 saturated heterocycles. The van der Waals surface area contributed by atoms with Crippen LogP contribution in [0.5, 0.6) is 0 Å². The number of para-hydroxylation sites is 1. The van der Waals surface area contributed by atoms with Gasteiger partial charge < -0.3 is 4.98 Å². The molecule has 1 heterocycles. The van der Waals surface area contributed by atoms with Crippen molar-refractivity contribution in [2.24, 2.45) is 0 Å². The number of benzene rings is 1. The standard InChI is InChI=1S/C13H16FN/c1-2-3-4-6-10-9-15-13-11(10)7-5-8-12(13)14/h5,7-9,15H,2-4,6H2,1H3. The van der Waals surface area contributed by atoms with E-state index in [1.165, 1.54) is 30.9 Å². The predicted octanol–water partition coefficient (Wildman–Crippen LogP) is 4.04. The number of fused-ring (bicyclic) bond motifs is 1. The first kappa shape index (κ1) is 10.2. The zero-order valence-corrected chi connectivity index (χ0v) is 9.02. The largest absolute Gasteiger partial charge is 0.359 e. The van der Waals surface area contributed by atoms with Crippen molar-refractivity contribution in [1.82, 2.24) is 4.98 Å². The van der Waals surface area contributed by atoms with Crippen molar-refractivity contribution in [3.8, 4) is 0 Å². The summed E-state index contributed by atoms with van der Waals surface area (Å²) in [4.78, 5) is 3.01. The second kappa shape index (κ2) is 4.47. The molecule has 0 bridgehead atoms. The highest BCUT2D eigenvalue weighted by atomic mass is 19.1. The first-order chi connectivity index (χ1) is 7.33. The zero-order chi connectivity index (χ0) is 10.7. The molecule has 0 amide bonds. The molecule has 0 radical (unpaired) electrons. The quantitative estimate of drug-likeness (QED) is 0.725. The Morgan fingerprint density at radius 3 is 2.93 bits per heavy atom. The molecule has 1 nitrogen and oxygen atoms in total. The SMILES string of the molecule is CCCCCc1c[nH]c2c(F)cccc12. The highest BCUT2D eigenvalue weighted by Crippen LogP contribution is 2.22. The van der Waals surface area contributed by atoms with Gasteiger partial charge >= 0.3 is 0 Å². The summed E-state index contributed by atoms with van der Waals surface area (Å²) in [7, 11) is 0. The van der Waals surface area contributed by atoms with E-state index in [2.05, 4.69) is 11.9 Å². The van der Waals surface area contributed by atoms with Crippen LogP contribution < -0.4 is 0 Å². The van der Waals surface area contributed by atoms with Crippen molar-refractivity contribution in [3.05, 3.63) is 35.8 Å². The van der Waals surface area contributed by atoms with Crippen molar-refractivity contribution < 1.29 is 4.39 Å². The third-order valence-corrected chi connectivity index (χ3v) is 2.80. The predicted molar refractivity (Wildman–Crippen MR) is 61.5 cm³/mol. The van der Waals surface area contributed by atoms with Gasteiger partial charge in [-0.05, 0) is 24.5 Å². The van der Waals surface area contributed by atoms with Crippen LogP contribution in [0.15, 0.2) is 24.4 Å². The summed E-state index contributed by atoms with van der Waals surface area (Å²) < 4.78 is 13.4. The fraction of sp³-hybridized carbons (Fsp3) is 0.385. The summed E-state index contributed by atoms with van der Waals surface area (Å²) in [5.41, 5.74) is 1.88. The van der Waals surface area contributed by atoms with Crippen LogP contribution in [0.4, 0.5) is 4.39 Å². The summed E-state index contributed by atoms with van der Waals surface area (Å²) in [6.45, 7) is 2.19. The molecule has 0 atom stereocenters. The lowest BCUT2D eigenvalue weighted by atomic mass is 10.1. The molecule has 0 aliphatic rings. The number of aryl methyl sites for hydroxylation is 1. The van der Waals surface area contributed by atoms with E-state index in [0.29, 0.717) is 5.52 Å². The Balaban J connectivity index is 2.25. The molecule has 2 heteroatoms. The van der Waals surface area contributed by atoms with Crippen molar-refractivity contribution in [3.63, 3.8) is 0 Å². The maximum Gasteiger partial charge on any atom is 0.147 e. The van der Waals surface area contributed by atoms with Crippen molar-refractivity contribution in [2.75, 3.05) is 0 Å². The molecule has 1 N–H and O–H groups in total. The van der Waals surface area contributed by atoms with Crippen molar-refractivity contribution in [2.45, 2.75) is 32.6 Å². The van der Waals surface area contributed by atoms with E-state index >= 15 is 0 Å². The summed E-state index contributed by atoms with van der Waals surface area (Å²) in [5, 5.41) is 1.03. The van der Waals surface area contributed by atoms with Gasteiger partial charge in [-0.3, -0.25) is 0 Å². The summed E-state index contributed by atoms with van der Waals surface area (Å²) in [6.07, 6.45) is 6.61. The van der Waals surface area contributed by atoms with Gasteiger partial charge in [0.25, 0.3) is 0 Å². The number of rotatable bonds is 4. The van der Waals surface area contributed by atoms with Crippen LogP contribution >= 0.6 is 0 Å². The molecule has 0 aliphatic carbocycles. The summed E-state index contributed by atoms with van der Waals surface area (Å²) in [6, 6.07) is 5.25. The van der Waals surface area contributed by atoms with Crippen LogP contribution in [0.3, 0.4) is 0 Å². The highest BCUT2D eigenvalue weighted by Gasteiger charge is 2.06. The van der Waals surface area contributed by atoms with Crippen molar-refractivity contribution >= 4 is 10.9 Å². The molecule has 0 spiro atoms. The van der Waals surface area contributed by atoms with Gasteiger partial charge in [0.05, 0.1) is 5.52 Å². The number of hydrogen-bond donors (Lipinski definition) is 1. The third kappa shape index (κ3) is 2.04. The van der Waals surface area contributed by atoms with E-state index in [-0.39, 0.29) is 5.82 Å². The first-order valence-electron chi connectivity index (χ1n) is 5.57. The Labute approximate surface area is 89.3 Å². The van der Waals surface area contributed by atoms with E-state index < -0.39 is 0 Å². The second-order valence-electron chi connectivity index (χ2n) is 3.93. The van der Waals surface area contributed by atoms with Crippen molar-refractivity contribution in [1.29, 1.82) is 0 Å². The fourth-order valence-corrected chi connectivity index (χ4v) is 1.95. The molecule has 0 unspecified atom stereocenters. The average molecular weight is 205 g/mol. The Bertz CT molecular complexity index is 445. The van der Waals surface area contributed by atoms with E-state index in [0.717, 1.165) is 11.8 Å². The van der Waals surface area contributed by atoms with E-state index in [1.807, 2.05) is 12.3 Å². The van der Waals surface area contributed by atoms with Gasteiger partial charge in [-0.1, -0.05) is 31.9 Å². The maximum absolute atomic E-state index is 13.4. The number of H-pyrrole nitrogens is 1. The molecule has 1 aromatic carbocycles. The van der Waals surface area contributed by atoms with Gasteiger partial charge in [0.1, 0.15) is 5.82 Å². The lowest BCUT2D eigenvalue weighted by Gasteiger charge is -1.98. The summed E-state index contributed by atoms with van der Waals surface area (Å²) in [5.74, 6) is -0.158. The highest BCUT2D eigenvalue weighted by molar-refractivity contribution is 5.83. The minimum absolute atomic E-state index is 0.158. The Morgan fingerprint density at radius 2 is 2.13 bits per heavy atom. The number of hydrogen-bond acceptors (Lipinski definition) is 0. The Kier molecular flexibility index (Phi) is 3.05. The summed E-state index contributed by atoms with van der Waals surface area (Å²) >= 11 is 0. The number of aromatic nitrogens is 1. The molecule has 2 rings (SSSR count). The molecule has 80 valence electrons. The van der Waals surface area contributed by atoms with E-state index in [4.69, 9.17) is 0 Å². The molecule has 2 aromatic rings. The van der Waals surface area contributed by atoms with Gasteiger partial charge in [0, 0.05) is 11.6 Å². The minimum Gasteiger partial charge on any atom is -0.359 e. The molecular formula is C13H16FN. The van der Waals surface area contributed by atoms with Crippen LogP contribution in [0.1, 0.15) is 31.7 Å². The molecule has 15 heavy (non-hydrogen) atoms. The fourth-order valence-electron chi connectivity index (χ4n) is 1.95. The van der Waals surface area contributed by atoms with Crippen LogP contribution in [0.2, 0.25) is 0 Å². The molecule has 0 saturated carbocycles.